The number of esters is 1. The smallest absolute Gasteiger partial charge is 0.302 e. The molecule has 0 aliphatic carbocycles. The van der Waals surface area contributed by atoms with Crippen LogP contribution in [0.5, 0.6) is 0 Å². The topological polar surface area (TPSA) is 39.4 Å². The Labute approximate surface area is 78.7 Å². The lowest BCUT2D eigenvalue weighted by Gasteiger charge is -2.02. The first-order chi connectivity index (χ1) is 6.13. The summed E-state index contributed by atoms with van der Waals surface area (Å²) in [5, 5.41) is 0. The van der Waals surface area contributed by atoms with Gasteiger partial charge in [-0.05, 0) is 18.1 Å². The molecule has 0 radical (unpaired) electrons. The molecule has 0 amide bonds. The quantitative estimate of drug-likeness (QED) is 0.663. The summed E-state index contributed by atoms with van der Waals surface area (Å²) in [5.74, 6) is 0.248. The van der Waals surface area contributed by atoms with Crippen molar-refractivity contribution in [3.63, 3.8) is 0 Å². The minimum absolute atomic E-state index is 0.196. The van der Waals surface area contributed by atoms with Crippen molar-refractivity contribution in [3.8, 4) is 0 Å². The van der Waals surface area contributed by atoms with Crippen LogP contribution in [0.1, 0.15) is 20.8 Å². The maximum atomic E-state index is 10.1. The molecule has 0 spiro atoms. The van der Waals surface area contributed by atoms with Crippen molar-refractivity contribution in [3.05, 3.63) is 24.7 Å². The van der Waals surface area contributed by atoms with Crippen molar-refractivity contribution >= 4 is 5.97 Å². The zero-order valence-corrected chi connectivity index (χ0v) is 8.32. The van der Waals surface area contributed by atoms with Gasteiger partial charge in [-0.1, -0.05) is 13.8 Å². The van der Waals surface area contributed by atoms with Gasteiger partial charge in [-0.15, -0.1) is 0 Å². The normalized spacial score (nSPS) is 8.92. The van der Waals surface area contributed by atoms with Crippen molar-refractivity contribution in [2.75, 3.05) is 6.61 Å². The molecule has 0 aliphatic heterocycles. The van der Waals surface area contributed by atoms with Crippen LogP contribution < -0.4 is 0 Å². The fourth-order valence-electron chi connectivity index (χ4n) is 0.511. The molecule has 0 atom stereocenters. The van der Waals surface area contributed by atoms with E-state index in [1.807, 2.05) is 26.0 Å². The Kier molecular flexibility index (Phi) is 6.69. The van der Waals surface area contributed by atoms with Crippen LogP contribution in [0, 0.1) is 5.92 Å². The Bertz CT molecular complexity index is 185. The highest BCUT2D eigenvalue weighted by Gasteiger charge is 1.94. The van der Waals surface area contributed by atoms with Crippen LogP contribution in [0.4, 0.5) is 0 Å². The minimum Gasteiger partial charge on any atom is -0.473 e. The molecule has 0 aromatic carbocycles. The second-order valence-corrected chi connectivity index (χ2v) is 2.99. The highest BCUT2D eigenvalue weighted by molar-refractivity contribution is 5.65. The Morgan fingerprint density at radius 1 is 1.38 bits per heavy atom. The van der Waals surface area contributed by atoms with Crippen molar-refractivity contribution < 1.29 is 13.9 Å². The van der Waals surface area contributed by atoms with Crippen molar-refractivity contribution in [2.24, 2.45) is 5.92 Å². The molecule has 3 nitrogen and oxygen atoms in total. The minimum atomic E-state index is -0.196. The van der Waals surface area contributed by atoms with Crippen LogP contribution in [-0.4, -0.2) is 12.6 Å². The Hall–Kier alpha value is -1.25. The number of furan rings is 1. The first-order valence-electron chi connectivity index (χ1n) is 4.23. The maximum absolute atomic E-state index is 10.1. The van der Waals surface area contributed by atoms with Gasteiger partial charge in [-0.2, -0.15) is 0 Å². The maximum Gasteiger partial charge on any atom is 0.302 e. The number of carbonyl (C=O) groups is 1. The molecule has 1 aromatic rings. The second kappa shape index (κ2) is 7.40. The van der Waals surface area contributed by atoms with Crippen LogP contribution in [0.2, 0.25) is 0 Å². The molecule has 1 rings (SSSR count). The zero-order valence-electron chi connectivity index (χ0n) is 8.32. The molecule has 0 saturated heterocycles. The van der Waals surface area contributed by atoms with E-state index in [0.29, 0.717) is 12.5 Å². The molecular weight excluding hydrogens is 168 g/mol. The van der Waals surface area contributed by atoms with Crippen molar-refractivity contribution in [1.29, 1.82) is 0 Å². The molecule has 0 bridgehead atoms. The fourth-order valence-corrected chi connectivity index (χ4v) is 0.511. The Morgan fingerprint density at radius 3 is 2.08 bits per heavy atom. The first kappa shape index (κ1) is 11.8. The van der Waals surface area contributed by atoms with E-state index in [-0.39, 0.29) is 5.97 Å². The number of carbonyl (C=O) groups excluding carboxylic acids is 1. The van der Waals surface area contributed by atoms with Gasteiger partial charge in [0.05, 0.1) is 19.1 Å². The van der Waals surface area contributed by atoms with Gasteiger partial charge >= 0.3 is 5.97 Å². The van der Waals surface area contributed by atoms with Gasteiger partial charge < -0.3 is 9.15 Å². The Balaban J connectivity index is 0.000000243. The van der Waals surface area contributed by atoms with Crippen molar-refractivity contribution in [1.82, 2.24) is 0 Å². The molecular formula is C10H16O3. The van der Waals surface area contributed by atoms with E-state index < -0.39 is 0 Å². The van der Waals surface area contributed by atoms with Gasteiger partial charge in [-0.25, -0.2) is 0 Å². The average Bonchev–Trinajstić information content (AvgIpc) is 2.57. The standard InChI is InChI=1S/C6H12O2.C4H4O/c1-5(2)4-8-6(3)7;1-2-4-5-3-1/h5H,4H2,1-3H3;1-4H. The van der Waals surface area contributed by atoms with Crippen LogP contribution in [0.15, 0.2) is 29.1 Å². The molecule has 1 aromatic heterocycles. The van der Waals surface area contributed by atoms with Crippen LogP contribution in [-0.2, 0) is 9.53 Å². The Morgan fingerprint density at radius 2 is 1.92 bits per heavy atom. The summed E-state index contributed by atoms with van der Waals surface area (Å²) >= 11 is 0. The van der Waals surface area contributed by atoms with Crippen LogP contribution in [0.3, 0.4) is 0 Å². The molecule has 3 heteroatoms. The molecule has 74 valence electrons. The summed E-state index contributed by atoms with van der Waals surface area (Å²) < 4.78 is 9.25. The summed E-state index contributed by atoms with van der Waals surface area (Å²) in [6.07, 6.45) is 3.25. The number of hydrogen-bond acceptors (Lipinski definition) is 3. The van der Waals surface area contributed by atoms with Gasteiger partial charge in [0.15, 0.2) is 0 Å². The van der Waals surface area contributed by atoms with Gasteiger partial charge in [-0.3, -0.25) is 4.79 Å². The van der Waals surface area contributed by atoms with Gasteiger partial charge in [0.1, 0.15) is 0 Å². The molecule has 0 unspecified atom stereocenters. The molecule has 0 aliphatic rings. The van der Waals surface area contributed by atoms with Gasteiger partial charge in [0.25, 0.3) is 0 Å². The molecule has 0 N–H and O–H groups in total. The molecule has 0 saturated carbocycles. The highest BCUT2D eigenvalue weighted by Crippen LogP contribution is 1.91. The fraction of sp³-hybridized carbons (Fsp3) is 0.500. The van der Waals surface area contributed by atoms with Crippen LogP contribution in [0.25, 0.3) is 0 Å². The van der Waals surface area contributed by atoms with Gasteiger partial charge in [0, 0.05) is 6.92 Å². The summed E-state index contributed by atoms with van der Waals surface area (Å²) in [6, 6.07) is 3.67. The van der Waals surface area contributed by atoms with E-state index in [2.05, 4.69) is 9.15 Å². The number of ether oxygens (including phenoxy) is 1. The van der Waals surface area contributed by atoms with E-state index in [0.717, 1.165) is 0 Å². The summed E-state index contributed by atoms with van der Waals surface area (Å²) in [7, 11) is 0. The van der Waals surface area contributed by atoms with E-state index in [4.69, 9.17) is 0 Å². The SMILES string of the molecule is CC(=O)OCC(C)C.c1ccoc1. The van der Waals surface area contributed by atoms with E-state index >= 15 is 0 Å². The second-order valence-electron chi connectivity index (χ2n) is 2.99. The largest absolute Gasteiger partial charge is 0.473 e. The van der Waals surface area contributed by atoms with Gasteiger partial charge in [0.2, 0.25) is 0 Å². The lowest BCUT2D eigenvalue weighted by molar-refractivity contribution is -0.141. The zero-order chi connectivity index (χ0) is 10.1. The summed E-state index contributed by atoms with van der Waals surface area (Å²) in [5.41, 5.74) is 0. The summed E-state index contributed by atoms with van der Waals surface area (Å²) in [6.45, 7) is 5.96. The lowest BCUT2D eigenvalue weighted by Crippen LogP contribution is -2.05. The van der Waals surface area contributed by atoms with E-state index in [1.165, 1.54) is 6.92 Å². The predicted molar refractivity (Wildman–Crippen MR) is 50.2 cm³/mol. The monoisotopic (exact) mass is 184 g/mol. The predicted octanol–water partition coefficient (Wildman–Crippen LogP) is 2.49. The summed E-state index contributed by atoms with van der Waals surface area (Å²) in [4.78, 5) is 10.1. The lowest BCUT2D eigenvalue weighted by atomic mass is 10.2. The van der Waals surface area contributed by atoms with E-state index in [1.54, 1.807) is 12.5 Å². The van der Waals surface area contributed by atoms with Crippen LogP contribution >= 0.6 is 0 Å². The molecule has 1 heterocycles. The third kappa shape index (κ3) is 10.8. The third-order valence-corrected chi connectivity index (χ3v) is 1.05. The average molecular weight is 184 g/mol. The van der Waals surface area contributed by atoms with E-state index in [9.17, 15) is 4.79 Å². The van der Waals surface area contributed by atoms with Crippen molar-refractivity contribution in [2.45, 2.75) is 20.8 Å². The number of rotatable bonds is 2. The molecule has 13 heavy (non-hydrogen) atoms. The molecule has 0 fully saturated rings. The first-order valence-corrected chi connectivity index (χ1v) is 4.23. The highest BCUT2D eigenvalue weighted by atomic mass is 16.5. The number of hydrogen-bond donors (Lipinski definition) is 0. The third-order valence-electron chi connectivity index (χ3n) is 1.05.